The molecule has 2 fully saturated rings. The molecular weight excluding hydrogens is 376 g/mol. The van der Waals surface area contributed by atoms with Crippen LogP contribution >= 0.6 is 11.6 Å². The maximum Gasteiger partial charge on any atom is 0.194 e. The Morgan fingerprint density at radius 2 is 1.96 bits per heavy atom. The Morgan fingerprint density at radius 3 is 2.68 bits per heavy atom. The molecule has 0 spiro atoms. The van der Waals surface area contributed by atoms with E-state index >= 15 is 0 Å². The second-order valence-electron chi connectivity index (χ2n) is 7.20. The molecule has 3 rings (SSSR count). The van der Waals surface area contributed by atoms with Crippen LogP contribution in [0.3, 0.4) is 0 Å². The van der Waals surface area contributed by atoms with Gasteiger partial charge in [-0.25, -0.2) is 0 Å². The van der Waals surface area contributed by atoms with Crippen molar-refractivity contribution >= 4 is 23.2 Å². The fraction of sp³-hybridized carbons (Fsp3) is 0.667. The highest BCUT2D eigenvalue weighted by Crippen LogP contribution is 2.26. The highest BCUT2D eigenvalue weighted by Gasteiger charge is 2.21. The van der Waals surface area contributed by atoms with E-state index in [1.807, 2.05) is 18.2 Å². The molecule has 28 heavy (non-hydrogen) atoms. The maximum absolute atomic E-state index is 6.35. The Labute approximate surface area is 173 Å². The topological polar surface area (TPSA) is 49.3 Å². The number of anilines is 1. The van der Waals surface area contributed by atoms with Crippen molar-refractivity contribution in [3.63, 3.8) is 0 Å². The SMILES string of the molecule is CCNC(=NCCCOC1CCOCC1)N1CCN(c2ccccc2Cl)CC1. The molecule has 0 atom stereocenters. The molecule has 1 N–H and O–H groups in total. The van der Waals surface area contributed by atoms with E-state index < -0.39 is 0 Å². The Morgan fingerprint density at radius 1 is 1.21 bits per heavy atom. The lowest BCUT2D eigenvalue weighted by Gasteiger charge is -2.38. The molecule has 156 valence electrons. The standard InChI is InChI=1S/C21H33ClN4O2/c1-2-23-21(24-10-5-15-28-18-8-16-27-17-9-18)26-13-11-25(12-14-26)20-7-4-3-6-19(20)22/h3-4,6-7,18H,2,5,8-17H2,1H3,(H,23,24). The van der Waals surface area contributed by atoms with Gasteiger partial charge in [0.1, 0.15) is 0 Å². The maximum atomic E-state index is 6.35. The third kappa shape index (κ3) is 6.26. The molecule has 7 heteroatoms. The lowest BCUT2D eigenvalue weighted by molar-refractivity contribution is -0.0318. The van der Waals surface area contributed by atoms with Gasteiger partial charge in [-0.1, -0.05) is 23.7 Å². The quantitative estimate of drug-likeness (QED) is 0.427. The molecule has 0 unspecified atom stereocenters. The molecular formula is C21H33ClN4O2. The summed E-state index contributed by atoms with van der Waals surface area (Å²) in [6.45, 7) is 9.98. The number of nitrogens with one attached hydrogen (secondary N) is 1. The number of para-hydroxylation sites is 1. The predicted molar refractivity (Wildman–Crippen MR) is 116 cm³/mol. The number of hydrogen-bond acceptors (Lipinski definition) is 4. The van der Waals surface area contributed by atoms with E-state index in [4.69, 9.17) is 26.1 Å². The van der Waals surface area contributed by atoms with Crippen LogP contribution in [0.4, 0.5) is 5.69 Å². The Hall–Kier alpha value is -1.50. The first kappa shape index (κ1) is 21.2. The third-order valence-corrected chi connectivity index (χ3v) is 5.51. The van der Waals surface area contributed by atoms with E-state index in [0.29, 0.717) is 6.10 Å². The number of hydrogen-bond donors (Lipinski definition) is 1. The van der Waals surface area contributed by atoms with Gasteiger partial charge in [-0.2, -0.15) is 0 Å². The van der Waals surface area contributed by atoms with E-state index in [9.17, 15) is 0 Å². The first-order valence-electron chi connectivity index (χ1n) is 10.5. The predicted octanol–water partition coefficient (Wildman–Crippen LogP) is 3.01. The summed E-state index contributed by atoms with van der Waals surface area (Å²) in [4.78, 5) is 9.51. The highest BCUT2D eigenvalue weighted by molar-refractivity contribution is 6.33. The summed E-state index contributed by atoms with van der Waals surface area (Å²) >= 11 is 6.35. The van der Waals surface area contributed by atoms with Gasteiger partial charge in [0.2, 0.25) is 0 Å². The minimum Gasteiger partial charge on any atom is -0.381 e. The average molecular weight is 409 g/mol. The van der Waals surface area contributed by atoms with Crippen LogP contribution in [-0.2, 0) is 9.47 Å². The zero-order valence-corrected chi connectivity index (χ0v) is 17.7. The van der Waals surface area contributed by atoms with Crippen LogP contribution < -0.4 is 10.2 Å². The number of halogens is 1. The van der Waals surface area contributed by atoms with Gasteiger partial charge in [0.25, 0.3) is 0 Å². The molecule has 2 aliphatic heterocycles. The van der Waals surface area contributed by atoms with Crippen LogP contribution in [-0.4, -0.2) is 76.1 Å². The van der Waals surface area contributed by atoms with Gasteiger partial charge >= 0.3 is 0 Å². The van der Waals surface area contributed by atoms with Crippen LogP contribution in [0, 0.1) is 0 Å². The van der Waals surface area contributed by atoms with E-state index in [-0.39, 0.29) is 0 Å². The fourth-order valence-electron chi connectivity index (χ4n) is 3.64. The van der Waals surface area contributed by atoms with E-state index in [1.165, 1.54) is 0 Å². The van der Waals surface area contributed by atoms with Gasteiger partial charge in [0, 0.05) is 59.1 Å². The third-order valence-electron chi connectivity index (χ3n) is 5.19. The van der Waals surface area contributed by atoms with Gasteiger partial charge < -0.3 is 24.6 Å². The van der Waals surface area contributed by atoms with E-state index in [0.717, 1.165) is 95.0 Å². The van der Waals surface area contributed by atoms with Gasteiger partial charge in [0.05, 0.1) is 16.8 Å². The lowest BCUT2D eigenvalue weighted by Crippen LogP contribution is -2.52. The first-order valence-corrected chi connectivity index (χ1v) is 10.9. The summed E-state index contributed by atoms with van der Waals surface area (Å²) in [5.41, 5.74) is 1.12. The molecule has 0 radical (unpaired) electrons. The van der Waals surface area contributed by atoms with Crippen LogP contribution in [0.25, 0.3) is 0 Å². The number of rotatable bonds is 7. The molecule has 1 aromatic carbocycles. The second kappa shape index (κ2) is 11.5. The normalized spacial score (nSPS) is 19.1. The number of guanidine groups is 1. The average Bonchev–Trinajstić information content (AvgIpc) is 2.74. The van der Waals surface area contributed by atoms with Crippen LogP contribution in [0.15, 0.2) is 29.3 Å². The summed E-state index contributed by atoms with van der Waals surface area (Å²) < 4.78 is 11.3. The van der Waals surface area contributed by atoms with Gasteiger partial charge in [0.15, 0.2) is 5.96 Å². The summed E-state index contributed by atoms with van der Waals surface area (Å²) in [7, 11) is 0. The second-order valence-corrected chi connectivity index (χ2v) is 7.60. The zero-order valence-electron chi connectivity index (χ0n) is 16.9. The Bertz CT molecular complexity index is 614. The van der Waals surface area contributed by atoms with Crippen molar-refractivity contribution in [3.8, 4) is 0 Å². The van der Waals surface area contributed by atoms with Crippen molar-refractivity contribution in [2.75, 3.05) is 64.0 Å². The first-order chi connectivity index (χ1) is 13.8. The number of benzene rings is 1. The van der Waals surface area contributed by atoms with Crippen LogP contribution in [0.5, 0.6) is 0 Å². The number of piperazine rings is 1. The molecule has 2 heterocycles. The number of nitrogens with zero attached hydrogens (tertiary/aromatic N) is 3. The summed E-state index contributed by atoms with van der Waals surface area (Å²) in [5, 5.41) is 4.25. The summed E-state index contributed by atoms with van der Waals surface area (Å²) in [5.74, 6) is 1.01. The summed E-state index contributed by atoms with van der Waals surface area (Å²) in [6.07, 6.45) is 3.35. The molecule has 0 aliphatic carbocycles. The van der Waals surface area contributed by atoms with Crippen molar-refractivity contribution in [3.05, 3.63) is 29.3 Å². The lowest BCUT2D eigenvalue weighted by atomic mass is 10.1. The molecule has 0 bridgehead atoms. The van der Waals surface area contributed by atoms with Crippen molar-refractivity contribution < 1.29 is 9.47 Å². The largest absolute Gasteiger partial charge is 0.381 e. The number of ether oxygens (including phenoxy) is 2. The minimum absolute atomic E-state index is 0.365. The van der Waals surface area contributed by atoms with Crippen molar-refractivity contribution in [1.82, 2.24) is 10.2 Å². The highest BCUT2D eigenvalue weighted by atomic mass is 35.5. The molecule has 1 aromatic rings. The van der Waals surface area contributed by atoms with Gasteiger partial charge in [-0.3, -0.25) is 4.99 Å². The Kier molecular flexibility index (Phi) is 8.70. The van der Waals surface area contributed by atoms with Gasteiger partial charge in [-0.15, -0.1) is 0 Å². The van der Waals surface area contributed by atoms with Crippen molar-refractivity contribution in [2.24, 2.45) is 4.99 Å². The molecule has 0 aromatic heterocycles. The monoisotopic (exact) mass is 408 g/mol. The van der Waals surface area contributed by atoms with Gasteiger partial charge in [-0.05, 0) is 38.3 Å². The Balaban J connectivity index is 1.43. The van der Waals surface area contributed by atoms with E-state index in [1.54, 1.807) is 0 Å². The van der Waals surface area contributed by atoms with Crippen molar-refractivity contribution in [2.45, 2.75) is 32.3 Å². The molecule has 2 aliphatic rings. The molecule has 0 saturated carbocycles. The zero-order chi connectivity index (χ0) is 19.6. The molecule has 0 amide bonds. The molecule has 2 saturated heterocycles. The smallest absolute Gasteiger partial charge is 0.194 e. The van der Waals surface area contributed by atoms with Crippen LogP contribution in [0.2, 0.25) is 5.02 Å². The minimum atomic E-state index is 0.365. The van der Waals surface area contributed by atoms with Crippen molar-refractivity contribution in [1.29, 1.82) is 0 Å². The number of aliphatic imine (C=N–C) groups is 1. The fourth-order valence-corrected chi connectivity index (χ4v) is 3.89. The summed E-state index contributed by atoms with van der Waals surface area (Å²) in [6, 6.07) is 8.07. The van der Waals surface area contributed by atoms with Crippen LogP contribution in [0.1, 0.15) is 26.2 Å². The van der Waals surface area contributed by atoms with E-state index in [2.05, 4.69) is 28.1 Å². The molecule has 6 nitrogen and oxygen atoms in total.